The van der Waals surface area contributed by atoms with E-state index in [2.05, 4.69) is 119 Å². The zero-order valence-corrected chi connectivity index (χ0v) is 28.9. The molecular weight excluding hydrogens is 612 g/mol. The molecule has 5 heteroatoms. The molecule has 220 valence electrons. The summed E-state index contributed by atoms with van der Waals surface area (Å²) >= 11 is -0.836. The predicted octanol–water partition coefficient (Wildman–Crippen LogP) is 7.30. The van der Waals surface area contributed by atoms with E-state index in [1.54, 1.807) is 24.3 Å². The maximum Gasteiger partial charge on any atom is -0.0623 e. The largest absolute Gasteiger partial charge is 0.872 e. The van der Waals surface area contributed by atoms with Gasteiger partial charge in [-0.1, -0.05) is 60.7 Å². The van der Waals surface area contributed by atoms with Gasteiger partial charge >= 0.3 is 195 Å². The van der Waals surface area contributed by atoms with Crippen molar-refractivity contribution in [3.8, 4) is 11.5 Å². The van der Waals surface area contributed by atoms with Gasteiger partial charge in [-0.3, -0.25) is 0 Å². The first-order chi connectivity index (χ1) is 21.3. The number of benzene rings is 5. The van der Waals surface area contributed by atoms with E-state index in [0.29, 0.717) is 0 Å². The summed E-state index contributed by atoms with van der Waals surface area (Å²) in [7, 11) is 4.67. The van der Waals surface area contributed by atoms with Crippen molar-refractivity contribution < 1.29 is 28.3 Å². The summed E-state index contributed by atoms with van der Waals surface area (Å²) in [4.78, 5) is 0. The van der Waals surface area contributed by atoms with E-state index in [4.69, 9.17) is 9.30 Å². The number of hydrogen-bond donors (Lipinski definition) is 0. The number of halogens is 1. The SMILES string of the molecule is CC1=C(C)[C]([Ti+2][Cl])([Si](c2ccccc2)(c2ccccc2)c2ccccc2)C(C)=C1C.[O-]c1ccccc1.[O-]c1ccccc1. The molecule has 5 aromatic carbocycles. The average molecular weight is 649 g/mol. The van der Waals surface area contributed by atoms with Gasteiger partial charge in [-0.25, -0.2) is 0 Å². The second kappa shape index (κ2) is 15.4. The molecule has 1 aliphatic carbocycles. The Balaban J connectivity index is 0.000000257. The first-order valence-corrected chi connectivity index (χ1v) is 19.6. The van der Waals surface area contributed by atoms with E-state index in [9.17, 15) is 10.2 Å². The summed E-state index contributed by atoms with van der Waals surface area (Å²) in [6, 6.07) is 50.2. The minimum absolute atomic E-state index is 0.0718. The van der Waals surface area contributed by atoms with Crippen LogP contribution in [0.3, 0.4) is 0 Å². The van der Waals surface area contributed by atoms with Crippen LogP contribution in [0.4, 0.5) is 0 Å². The predicted molar refractivity (Wildman–Crippen MR) is 181 cm³/mol. The molecule has 0 atom stereocenters. The van der Waals surface area contributed by atoms with E-state index < -0.39 is 26.2 Å². The third kappa shape index (κ3) is 6.57. The van der Waals surface area contributed by atoms with E-state index in [-0.39, 0.29) is 14.8 Å². The van der Waals surface area contributed by atoms with Crippen LogP contribution in [-0.2, 0) is 18.1 Å². The summed E-state index contributed by atoms with van der Waals surface area (Å²) in [6.45, 7) is 9.26. The molecule has 0 aromatic heterocycles. The van der Waals surface area contributed by atoms with Crippen molar-refractivity contribution in [3.05, 3.63) is 174 Å². The molecule has 0 heterocycles. The van der Waals surface area contributed by atoms with Crippen LogP contribution in [-0.4, -0.2) is 8.07 Å². The van der Waals surface area contributed by atoms with E-state index in [1.807, 2.05) is 12.1 Å². The number of rotatable bonds is 5. The van der Waals surface area contributed by atoms with Crippen LogP contribution < -0.4 is 25.8 Å². The Bertz CT molecular complexity index is 1520. The minimum Gasteiger partial charge on any atom is -0.872 e. The standard InChI is InChI=1S/C27H27Si.2C6H6O.ClH.Ti/c1-20-21(2)23(4)27(22(20)3)28(24-14-8-5-9-15-24,25-16-10-6-11-17-25)26-18-12-7-13-19-26;2*7-6-4-2-1-3-5-6;;/h5-19H,1-4H3;2*1-5,7H;1H;/q;;;;+3/p-3. The second-order valence-corrected chi connectivity index (χ2v) is 17.8. The van der Waals surface area contributed by atoms with Crippen molar-refractivity contribution in [3.63, 3.8) is 0 Å². The van der Waals surface area contributed by atoms with Gasteiger partial charge in [0.25, 0.3) is 0 Å². The first kappa shape index (κ1) is 33.3. The Morgan fingerprint density at radius 2 is 0.705 bits per heavy atom. The summed E-state index contributed by atoms with van der Waals surface area (Å²) in [6.07, 6.45) is 0. The van der Waals surface area contributed by atoms with Gasteiger partial charge in [-0.2, -0.15) is 0 Å². The second-order valence-electron chi connectivity index (χ2n) is 10.8. The summed E-state index contributed by atoms with van der Waals surface area (Å²) < 4.78 is -0.0905. The van der Waals surface area contributed by atoms with Crippen LogP contribution in [0.15, 0.2) is 174 Å². The Hall–Kier alpha value is -3.60. The van der Waals surface area contributed by atoms with Crippen LogP contribution >= 0.6 is 9.30 Å². The third-order valence-corrected chi connectivity index (χ3v) is 19.8. The molecule has 1 aliphatic rings. The van der Waals surface area contributed by atoms with Gasteiger partial charge in [-0.15, -0.1) is 11.5 Å². The van der Waals surface area contributed by atoms with Gasteiger partial charge in [0.1, 0.15) is 0 Å². The van der Waals surface area contributed by atoms with Gasteiger partial charge in [0, 0.05) is 0 Å². The Kier molecular flexibility index (Phi) is 11.7. The fraction of sp³-hybridized carbons (Fsp3) is 0.128. The maximum atomic E-state index is 10.3. The minimum atomic E-state index is -2.54. The zero-order valence-electron chi connectivity index (χ0n) is 25.6. The van der Waals surface area contributed by atoms with Crippen LogP contribution in [0, 0.1) is 0 Å². The van der Waals surface area contributed by atoms with E-state index >= 15 is 0 Å². The molecule has 0 fully saturated rings. The van der Waals surface area contributed by atoms with Crippen molar-refractivity contribution in [2.45, 2.75) is 31.0 Å². The fourth-order valence-electron chi connectivity index (χ4n) is 6.24. The first-order valence-electron chi connectivity index (χ1n) is 14.7. The van der Waals surface area contributed by atoms with E-state index in [1.165, 1.54) is 62.1 Å². The van der Waals surface area contributed by atoms with Gasteiger partial charge in [0.15, 0.2) is 0 Å². The molecule has 0 radical (unpaired) electrons. The molecule has 0 amide bonds. The summed E-state index contributed by atoms with van der Waals surface area (Å²) in [5, 5.41) is 24.9. The summed E-state index contributed by atoms with van der Waals surface area (Å²) in [5.41, 5.74) is 5.82. The quantitative estimate of drug-likeness (QED) is 0.148. The van der Waals surface area contributed by atoms with Crippen molar-refractivity contribution >= 4 is 32.9 Å². The molecular formula is C39H37ClO2SiTi. The van der Waals surface area contributed by atoms with Gasteiger partial charge in [0.05, 0.1) is 0 Å². The molecule has 0 bridgehead atoms. The monoisotopic (exact) mass is 648 g/mol. The smallest absolute Gasteiger partial charge is 0.0623 e. The molecule has 0 aliphatic heterocycles. The maximum absolute atomic E-state index is 10.3. The zero-order chi connectivity index (χ0) is 31.6. The topological polar surface area (TPSA) is 46.1 Å². The van der Waals surface area contributed by atoms with Crippen molar-refractivity contribution in [1.29, 1.82) is 0 Å². The molecule has 0 saturated carbocycles. The summed E-state index contributed by atoms with van der Waals surface area (Å²) in [5.74, 6) is 0.144. The molecule has 0 spiro atoms. The van der Waals surface area contributed by atoms with Crippen LogP contribution in [0.1, 0.15) is 27.7 Å². The molecule has 0 saturated heterocycles. The van der Waals surface area contributed by atoms with Crippen molar-refractivity contribution in [2.24, 2.45) is 0 Å². The van der Waals surface area contributed by atoms with E-state index in [0.717, 1.165) is 0 Å². The van der Waals surface area contributed by atoms with Crippen LogP contribution in [0.25, 0.3) is 0 Å². The number of allylic oxidation sites excluding steroid dienone is 4. The number of para-hydroxylation sites is 2. The van der Waals surface area contributed by atoms with Gasteiger partial charge < -0.3 is 10.2 Å². The fourth-order valence-corrected chi connectivity index (χ4v) is 18.9. The van der Waals surface area contributed by atoms with Crippen LogP contribution in [0.5, 0.6) is 11.5 Å². The normalized spacial score (nSPS) is 13.7. The molecule has 0 N–H and O–H groups in total. The van der Waals surface area contributed by atoms with Crippen molar-refractivity contribution in [2.75, 3.05) is 0 Å². The average Bonchev–Trinajstić information content (AvgIpc) is 3.24. The molecule has 6 rings (SSSR count). The van der Waals surface area contributed by atoms with Crippen molar-refractivity contribution in [1.82, 2.24) is 0 Å². The molecule has 44 heavy (non-hydrogen) atoms. The molecule has 5 aromatic rings. The molecule has 0 unspecified atom stereocenters. The number of hydrogen-bond acceptors (Lipinski definition) is 2. The molecule has 2 nitrogen and oxygen atoms in total. The Morgan fingerprint density at radius 3 is 0.909 bits per heavy atom. The van der Waals surface area contributed by atoms with Crippen LogP contribution in [0.2, 0.25) is 3.34 Å². The van der Waals surface area contributed by atoms with Gasteiger partial charge in [0.2, 0.25) is 0 Å². The Morgan fingerprint density at radius 1 is 0.455 bits per heavy atom. The third-order valence-electron chi connectivity index (χ3n) is 8.62. The van der Waals surface area contributed by atoms with Gasteiger partial charge in [-0.05, 0) is 0 Å². The Labute approximate surface area is 276 Å².